The maximum Gasteiger partial charge on any atom is 0.324 e. The third kappa shape index (κ3) is 2.71. The lowest BCUT2D eigenvalue weighted by atomic mass is 10.4. The number of nitriles is 2. The Balaban J connectivity index is 4.97. The van der Waals surface area contributed by atoms with Crippen LogP contribution in [0.5, 0.6) is 0 Å². The average Bonchev–Trinajstić information content (AvgIpc) is 2.19. The van der Waals surface area contributed by atoms with Crippen LogP contribution in [0.15, 0.2) is 11.4 Å². The minimum absolute atomic E-state index is 0.106. The number of hydrogen-bond acceptors (Lipinski definition) is 8. The molecular formula is C6H4N4O4. The Morgan fingerprint density at radius 3 is 2.00 bits per heavy atom. The Morgan fingerprint density at radius 1 is 1.21 bits per heavy atom. The molecule has 14 heavy (non-hydrogen) atoms. The molecule has 8 heteroatoms. The van der Waals surface area contributed by atoms with Gasteiger partial charge in [0.05, 0.1) is 0 Å². The van der Waals surface area contributed by atoms with Crippen LogP contribution in [0.3, 0.4) is 0 Å². The Morgan fingerprint density at radius 2 is 1.71 bits per heavy atom. The van der Waals surface area contributed by atoms with Crippen LogP contribution >= 0.6 is 0 Å². The van der Waals surface area contributed by atoms with Crippen LogP contribution in [0.4, 0.5) is 0 Å². The number of carbonyl (C=O) groups is 2. The van der Waals surface area contributed by atoms with E-state index in [1.165, 1.54) is 12.1 Å². The fraction of sp³-hybridized carbons (Fsp3) is 0. The second-order valence-corrected chi connectivity index (χ2v) is 1.65. The van der Waals surface area contributed by atoms with Crippen molar-refractivity contribution in [3.63, 3.8) is 0 Å². The fourth-order valence-corrected chi connectivity index (χ4v) is 0.461. The lowest BCUT2D eigenvalue weighted by molar-refractivity contribution is -0.286. The smallest absolute Gasteiger partial charge is 0.324 e. The quantitative estimate of drug-likeness (QED) is 0.325. The highest BCUT2D eigenvalue weighted by Crippen LogP contribution is 2.05. The summed E-state index contributed by atoms with van der Waals surface area (Å²) in [5, 5.41) is 16.9. The second-order valence-electron chi connectivity index (χ2n) is 1.65. The van der Waals surface area contributed by atoms with E-state index in [9.17, 15) is 9.59 Å². The topological polar surface area (TPSA) is 129 Å². The largest absolute Gasteiger partial charge is 0.388 e. The molecule has 0 amide bonds. The summed E-state index contributed by atoms with van der Waals surface area (Å²) in [4.78, 5) is 27.9. The number of hydrogen-bond donors (Lipinski definition) is 1. The van der Waals surface area contributed by atoms with Crippen molar-refractivity contribution in [3.05, 3.63) is 11.4 Å². The highest BCUT2D eigenvalue weighted by atomic mass is 17.0. The van der Waals surface area contributed by atoms with Crippen molar-refractivity contribution in [1.29, 1.82) is 10.5 Å². The first-order chi connectivity index (χ1) is 6.71. The predicted molar refractivity (Wildman–Crippen MR) is 38.6 cm³/mol. The molecule has 0 heterocycles. The predicted octanol–water partition coefficient (Wildman–Crippen LogP) is -1.32. The van der Waals surface area contributed by atoms with Gasteiger partial charge in [0.25, 0.3) is 0 Å². The van der Waals surface area contributed by atoms with E-state index in [4.69, 9.17) is 16.3 Å². The molecule has 0 radical (unpaired) electrons. The molecule has 0 aromatic heterocycles. The van der Waals surface area contributed by atoms with Gasteiger partial charge in [0.15, 0.2) is 5.70 Å². The minimum Gasteiger partial charge on any atom is -0.388 e. The van der Waals surface area contributed by atoms with Gasteiger partial charge in [-0.1, -0.05) is 0 Å². The molecule has 72 valence electrons. The van der Waals surface area contributed by atoms with Crippen molar-refractivity contribution in [2.75, 3.05) is 0 Å². The van der Waals surface area contributed by atoms with E-state index in [2.05, 4.69) is 9.68 Å². The maximum absolute atomic E-state index is 9.91. The standard InChI is InChI=1S/C6H4N4O4/c7-1-5(9)6(2-8)10(13-3-11)14-4-12/h3-4H,9H2/b6-5-. The van der Waals surface area contributed by atoms with Crippen molar-refractivity contribution >= 4 is 12.9 Å². The van der Waals surface area contributed by atoms with Gasteiger partial charge >= 0.3 is 12.9 Å². The number of nitrogens with two attached hydrogens (primary N) is 1. The van der Waals surface area contributed by atoms with Gasteiger partial charge < -0.3 is 15.4 Å². The molecule has 8 nitrogen and oxygen atoms in total. The molecule has 0 rings (SSSR count). The summed E-state index contributed by atoms with van der Waals surface area (Å²) in [6, 6.07) is 2.83. The Kier molecular flexibility index (Phi) is 4.71. The molecular weight excluding hydrogens is 192 g/mol. The third-order valence-electron chi connectivity index (χ3n) is 0.942. The van der Waals surface area contributed by atoms with Crippen molar-refractivity contribution in [2.24, 2.45) is 5.73 Å². The molecule has 0 atom stereocenters. The summed E-state index contributed by atoms with van der Waals surface area (Å²) < 4.78 is 0. The van der Waals surface area contributed by atoms with Gasteiger partial charge in [0.1, 0.15) is 12.1 Å². The van der Waals surface area contributed by atoms with E-state index in [0.29, 0.717) is 0 Å². The van der Waals surface area contributed by atoms with E-state index >= 15 is 0 Å². The fourth-order valence-electron chi connectivity index (χ4n) is 0.461. The SMILES string of the molecule is N#C/C(N)=C(\C#N)N(OC=O)OC=O. The van der Waals surface area contributed by atoms with E-state index in [-0.39, 0.29) is 18.2 Å². The van der Waals surface area contributed by atoms with Crippen LogP contribution < -0.4 is 5.73 Å². The minimum atomic E-state index is -0.605. The van der Waals surface area contributed by atoms with Gasteiger partial charge in [-0.05, 0) is 5.23 Å². The zero-order valence-corrected chi connectivity index (χ0v) is 6.71. The zero-order valence-electron chi connectivity index (χ0n) is 6.71. The number of hydroxylamine groups is 2. The first-order valence-corrected chi connectivity index (χ1v) is 3.02. The van der Waals surface area contributed by atoms with Crippen LogP contribution in [-0.2, 0) is 19.3 Å². The molecule has 0 aromatic rings. The summed E-state index contributed by atoms with van der Waals surface area (Å²) in [5.74, 6) is 0. The van der Waals surface area contributed by atoms with Gasteiger partial charge in [0.2, 0.25) is 5.70 Å². The van der Waals surface area contributed by atoms with Gasteiger partial charge in [0, 0.05) is 0 Å². The van der Waals surface area contributed by atoms with Crippen molar-refractivity contribution in [3.8, 4) is 12.1 Å². The second kappa shape index (κ2) is 5.85. The molecule has 0 bridgehead atoms. The molecule has 0 saturated carbocycles. The van der Waals surface area contributed by atoms with Gasteiger partial charge in [-0.15, -0.1) is 0 Å². The van der Waals surface area contributed by atoms with Crippen LogP contribution in [0.1, 0.15) is 0 Å². The normalized spacial score (nSPS) is 9.86. The molecule has 0 fully saturated rings. The summed E-state index contributed by atoms with van der Waals surface area (Å²) in [6.45, 7) is -0.211. The maximum atomic E-state index is 9.91. The highest BCUT2D eigenvalue weighted by molar-refractivity contribution is 5.41. The molecule has 2 N–H and O–H groups in total. The van der Waals surface area contributed by atoms with E-state index in [0.717, 1.165) is 0 Å². The molecule has 0 spiro atoms. The monoisotopic (exact) mass is 196 g/mol. The first kappa shape index (κ1) is 11.3. The van der Waals surface area contributed by atoms with Gasteiger partial charge in [-0.2, -0.15) is 10.5 Å². The van der Waals surface area contributed by atoms with Crippen LogP contribution in [-0.4, -0.2) is 18.2 Å². The van der Waals surface area contributed by atoms with E-state index < -0.39 is 11.4 Å². The zero-order chi connectivity index (χ0) is 11.0. The summed E-state index contributed by atoms with van der Waals surface area (Å²) >= 11 is 0. The average molecular weight is 196 g/mol. The van der Waals surface area contributed by atoms with Crippen molar-refractivity contribution in [1.82, 2.24) is 5.23 Å². The van der Waals surface area contributed by atoms with Gasteiger partial charge in [-0.25, -0.2) is 0 Å². The van der Waals surface area contributed by atoms with Crippen LogP contribution in [0, 0.1) is 22.7 Å². The Bertz CT molecular complexity index is 327. The third-order valence-corrected chi connectivity index (χ3v) is 0.942. The number of nitrogens with zero attached hydrogens (tertiary/aromatic N) is 3. The summed E-state index contributed by atoms with van der Waals surface area (Å²) in [5.41, 5.74) is 3.89. The Hall–Kier alpha value is -2.74. The van der Waals surface area contributed by atoms with Crippen molar-refractivity contribution in [2.45, 2.75) is 0 Å². The number of rotatable bonds is 5. The summed E-state index contributed by atoms with van der Waals surface area (Å²) in [6.07, 6.45) is 0. The van der Waals surface area contributed by atoms with E-state index in [1.807, 2.05) is 0 Å². The summed E-state index contributed by atoms with van der Waals surface area (Å²) in [7, 11) is 0. The lowest BCUT2D eigenvalue weighted by Gasteiger charge is -2.14. The molecule has 0 unspecified atom stereocenters. The van der Waals surface area contributed by atoms with E-state index in [1.54, 1.807) is 0 Å². The van der Waals surface area contributed by atoms with Crippen LogP contribution in [0.2, 0.25) is 0 Å². The lowest BCUT2D eigenvalue weighted by Crippen LogP contribution is -2.25. The highest BCUT2D eigenvalue weighted by Gasteiger charge is 2.16. The Labute approximate surface area is 78.2 Å². The number of carbonyl (C=O) groups excluding carboxylic acids is 2. The molecule has 0 aliphatic rings. The first-order valence-electron chi connectivity index (χ1n) is 3.02. The molecule has 0 aliphatic heterocycles. The van der Waals surface area contributed by atoms with Gasteiger partial charge in [-0.3, -0.25) is 9.59 Å². The molecule has 0 aliphatic carbocycles. The molecule has 0 aromatic carbocycles. The number of allylic oxidation sites excluding steroid dienone is 2. The van der Waals surface area contributed by atoms with Crippen molar-refractivity contribution < 1.29 is 19.3 Å². The molecule has 0 saturated heterocycles. The van der Waals surface area contributed by atoms with Crippen LogP contribution in [0.25, 0.3) is 0 Å².